The van der Waals surface area contributed by atoms with Crippen molar-refractivity contribution < 1.29 is 4.79 Å². The molecule has 0 saturated heterocycles. The number of halogens is 1. The Balaban J connectivity index is 1.74. The molecule has 0 spiro atoms. The maximum Gasteiger partial charge on any atom is 0.230 e. The van der Waals surface area contributed by atoms with Crippen molar-refractivity contribution in [2.45, 2.75) is 24.6 Å². The van der Waals surface area contributed by atoms with Gasteiger partial charge in [0.05, 0.1) is 5.75 Å². The number of carbonyl (C=O) groups is 1. The van der Waals surface area contributed by atoms with Crippen LogP contribution in [0, 0.1) is 0 Å². The number of nitrogen functional groups attached to an aromatic ring is 1. The predicted octanol–water partition coefficient (Wildman–Crippen LogP) is 2.54. The van der Waals surface area contributed by atoms with Crippen LogP contribution in [0.15, 0.2) is 22.7 Å². The van der Waals surface area contributed by atoms with Gasteiger partial charge in [-0.2, -0.15) is 0 Å². The summed E-state index contributed by atoms with van der Waals surface area (Å²) in [4.78, 5) is 11.5. The second-order valence-corrected chi connectivity index (χ2v) is 6.13. The summed E-state index contributed by atoms with van der Waals surface area (Å²) in [6.07, 6.45) is 2.27. The molecule has 0 radical (unpaired) electrons. The quantitative estimate of drug-likeness (QED) is 0.821. The summed E-state index contributed by atoms with van der Waals surface area (Å²) in [7, 11) is 0. The van der Waals surface area contributed by atoms with Crippen LogP contribution in [0.25, 0.3) is 0 Å². The van der Waals surface area contributed by atoms with E-state index >= 15 is 0 Å². The Morgan fingerprint density at radius 2 is 2.24 bits per heavy atom. The molecule has 17 heavy (non-hydrogen) atoms. The first-order valence-electron chi connectivity index (χ1n) is 5.55. The van der Waals surface area contributed by atoms with Gasteiger partial charge in [-0.15, -0.1) is 11.8 Å². The van der Waals surface area contributed by atoms with E-state index in [-0.39, 0.29) is 5.91 Å². The maximum atomic E-state index is 11.5. The molecule has 1 aromatic rings. The van der Waals surface area contributed by atoms with Gasteiger partial charge in [-0.05, 0) is 36.6 Å². The van der Waals surface area contributed by atoms with E-state index in [1.807, 2.05) is 18.2 Å². The third kappa shape index (κ3) is 4.60. The first-order chi connectivity index (χ1) is 8.13. The summed E-state index contributed by atoms with van der Waals surface area (Å²) in [6.45, 7) is 0. The highest BCUT2D eigenvalue weighted by Crippen LogP contribution is 2.22. The SMILES string of the molecule is Nc1cc(Br)cc(CSCC(=O)NC2CC2)c1. The summed E-state index contributed by atoms with van der Waals surface area (Å²) >= 11 is 5.02. The van der Waals surface area contributed by atoms with Gasteiger partial charge in [0.25, 0.3) is 0 Å². The first-order valence-corrected chi connectivity index (χ1v) is 7.50. The number of thioether (sulfide) groups is 1. The summed E-state index contributed by atoms with van der Waals surface area (Å²) in [5.74, 6) is 1.46. The second kappa shape index (κ2) is 5.78. The fourth-order valence-corrected chi connectivity index (χ4v) is 2.85. The second-order valence-electron chi connectivity index (χ2n) is 4.23. The minimum absolute atomic E-state index is 0.139. The maximum absolute atomic E-state index is 11.5. The largest absolute Gasteiger partial charge is 0.399 e. The molecule has 1 aliphatic carbocycles. The Morgan fingerprint density at radius 1 is 1.47 bits per heavy atom. The average molecular weight is 315 g/mol. The molecule has 1 saturated carbocycles. The van der Waals surface area contributed by atoms with Gasteiger partial charge in [0, 0.05) is 22.0 Å². The molecule has 2 rings (SSSR count). The summed E-state index contributed by atoms with van der Waals surface area (Å²) in [6, 6.07) is 6.29. The Hall–Kier alpha value is -0.680. The van der Waals surface area contributed by atoms with Crippen molar-refractivity contribution in [3.8, 4) is 0 Å². The number of rotatable bonds is 5. The fraction of sp³-hybridized carbons (Fsp3) is 0.417. The minimum atomic E-state index is 0.139. The van der Waals surface area contributed by atoms with Gasteiger partial charge in [0.2, 0.25) is 5.91 Å². The fourth-order valence-electron chi connectivity index (χ4n) is 1.52. The van der Waals surface area contributed by atoms with Crippen LogP contribution in [-0.4, -0.2) is 17.7 Å². The molecule has 0 aromatic heterocycles. The molecule has 0 aliphatic heterocycles. The summed E-state index contributed by atoms with van der Waals surface area (Å²) in [5, 5.41) is 2.97. The van der Waals surface area contributed by atoms with Gasteiger partial charge in [-0.1, -0.05) is 15.9 Å². The normalized spacial score (nSPS) is 14.6. The van der Waals surface area contributed by atoms with Crippen LogP contribution in [0.2, 0.25) is 0 Å². The Bertz CT molecular complexity index is 401. The van der Waals surface area contributed by atoms with Crippen molar-refractivity contribution in [3.05, 3.63) is 28.2 Å². The molecule has 1 fully saturated rings. The highest BCUT2D eigenvalue weighted by atomic mass is 79.9. The molecule has 3 nitrogen and oxygen atoms in total. The van der Waals surface area contributed by atoms with Crippen molar-refractivity contribution in [1.82, 2.24) is 5.32 Å². The number of hydrogen-bond donors (Lipinski definition) is 2. The van der Waals surface area contributed by atoms with Gasteiger partial charge in [0.15, 0.2) is 0 Å². The highest BCUT2D eigenvalue weighted by Gasteiger charge is 2.22. The third-order valence-corrected chi connectivity index (χ3v) is 3.89. The molecule has 1 aromatic carbocycles. The Morgan fingerprint density at radius 3 is 2.88 bits per heavy atom. The van der Waals surface area contributed by atoms with Crippen LogP contribution >= 0.6 is 27.7 Å². The van der Waals surface area contributed by atoms with Gasteiger partial charge >= 0.3 is 0 Å². The molecular weight excluding hydrogens is 300 g/mol. The van der Waals surface area contributed by atoms with Gasteiger partial charge in [-0.25, -0.2) is 0 Å². The van der Waals surface area contributed by atoms with Crippen molar-refractivity contribution in [1.29, 1.82) is 0 Å². The van der Waals surface area contributed by atoms with E-state index in [0.717, 1.165) is 34.3 Å². The number of hydrogen-bond acceptors (Lipinski definition) is 3. The van der Waals surface area contributed by atoms with Crippen LogP contribution < -0.4 is 11.1 Å². The minimum Gasteiger partial charge on any atom is -0.399 e. The van der Waals surface area contributed by atoms with Crippen LogP contribution in [0.1, 0.15) is 18.4 Å². The van der Waals surface area contributed by atoms with Crippen molar-refractivity contribution in [3.63, 3.8) is 0 Å². The van der Waals surface area contributed by atoms with Crippen molar-refractivity contribution in [2.75, 3.05) is 11.5 Å². The van der Waals surface area contributed by atoms with E-state index in [1.165, 1.54) is 0 Å². The topological polar surface area (TPSA) is 55.1 Å². The monoisotopic (exact) mass is 314 g/mol. The summed E-state index contributed by atoms with van der Waals surface area (Å²) < 4.78 is 0.982. The van der Waals surface area contributed by atoms with Crippen LogP contribution in [-0.2, 0) is 10.5 Å². The zero-order chi connectivity index (χ0) is 12.3. The van der Waals surface area contributed by atoms with E-state index in [1.54, 1.807) is 11.8 Å². The number of anilines is 1. The predicted molar refractivity (Wildman–Crippen MR) is 75.9 cm³/mol. The molecule has 1 aliphatic rings. The smallest absolute Gasteiger partial charge is 0.230 e. The number of nitrogens with two attached hydrogens (primary N) is 1. The lowest BCUT2D eigenvalue weighted by molar-refractivity contribution is -0.118. The van der Waals surface area contributed by atoms with Crippen molar-refractivity contribution >= 4 is 39.3 Å². The molecule has 0 unspecified atom stereocenters. The molecule has 0 atom stereocenters. The molecular formula is C12H15BrN2OS. The Kier molecular flexibility index (Phi) is 4.34. The lowest BCUT2D eigenvalue weighted by atomic mass is 10.2. The lowest BCUT2D eigenvalue weighted by Gasteiger charge is -2.05. The van der Waals surface area contributed by atoms with Crippen LogP contribution in [0.5, 0.6) is 0 Å². The number of carbonyl (C=O) groups excluding carboxylic acids is 1. The Labute approximate surface area is 114 Å². The summed E-state index contributed by atoms with van der Waals surface area (Å²) in [5.41, 5.74) is 7.63. The molecule has 0 bridgehead atoms. The van der Waals surface area contributed by atoms with E-state index in [0.29, 0.717) is 11.8 Å². The van der Waals surface area contributed by atoms with E-state index in [9.17, 15) is 4.79 Å². The molecule has 1 amide bonds. The van der Waals surface area contributed by atoms with Gasteiger partial charge < -0.3 is 11.1 Å². The number of nitrogens with one attached hydrogen (secondary N) is 1. The lowest BCUT2D eigenvalue weighted by Crippen LogP contribution is -2.27. The average Bonchev–Trinajstić information content (AvgIpc) is 3.00. The molecule has 5 heteroatoms. The van der Waals surface area contributed by atoms with E-state index in [4.69, 9.17) is 5.73 Å². The standard InChI is InChI=1S/C12H15BrN2OS/c13-9-3-8(4-10(14)5-9)6-17-7-12(16)15-11-1-2-11/h3-5,11H,1-2,6-7,14H2,(H,15,16). The third-order valence-electron chi connectivity index (χ3n) is 2.42. The zero-order valence-electron chi connectivity index (χ0n) is 9.41. The first kappa shape index (κ1) is 12.8. The molecule has 92 valence electrons. The van der Waals surface area contributed by atoms with Gasteiger partial charge in [-0.3, -0.25) is 4.79 Å². The number of amides is 1. The highest BCUT2D eigenvalue weighted by molar-refractivity contribution is 9.10. The van der Waals surface area contributed by atoms with E-state index in [2.05, 4.69) is 21.2 Å². The van der Waals surface area contributed by atoms with Crippen LogP contribution in [0.3, 0.4) is 0 Å². The van der Waals surface area contributed by atoms with Crippen LogP contribution in [0.4, 0.5) is 5.69 Å². The number of benzene rings is 1. The van der Waals surface area contributed by atoms with E-state index < -0.39 is 0 Å². The molecule has 3 N–H and O–H groups in total. The van der Waals surface area contributed by atoms with Crippen molar-refractivity contribution in [2.24, 2.45) is 0 Å². The molecule has 0 heterocycles. The van der Waals surface area contributed by atoms with Gasteiger partial charge in [0.1, 0.15) is 0 Å². The zero-order valence-corrected chi connectivity index (χ0v) is 11.8.